The van der Waals surface area contributed by atoms with E-state index in [0.29, 0.717) is 19.4 Å². The van der Waals surface area contributed by atoms with Crippen molar-refractivity contribution in [2.24, 2.45) is 0 Å². The Bertz CT molecular complexity index is 721. The van der Waals surface area contributed by atoms with Crippen LogP contribution in [0.1, 0.15) is 29.8 Å². The Kier molecular flexibility index (Phi) is 9.40. The third kappa shape index (κ3) is 7.22. The molecular weight excluding hydrogens is 426 g/mol. The van der Waals surface area contributed by atoms with E-state index in [2.05, 4.69) is 20.9 Å². The normalized spacial score (nSPS) is 13.0. The molecule has 0 bridgehead atoms. The number of nitrogens with zero attached hydrogens (tertiary/aromatic N) is 1. The molecule has 0 saturated heterocycles. The van der Waals surface area contributed by atoms with Crippen LogP contribution in [-0.4, -0.2) is 43.4 Å². The van der Waals surface area contributed by atoms with Crippen LogP contribution in [0.5, 0.6) is 5.75 Å². The number of halogens is 1. The Balaban J connectivity index is 1.77. The van der Waals surface area contributed by atoms with Crippen LogP contribution in [0.3, 0.4) is 0 Å². The molecule has 0 saturated carbocycles. The van der Waals surface area contributed by atoms with Crippen molar-refractivity contribution >= 4 is 21.9 Å². The van der Waals surface area contributed by atoms with Crippen LogP contribution in [0, 0.1) is 0 Å². The summed E-state index contributed by atoms with van der Waals surface area (Å²) in [6.07, 6.45) is 3.04. The second kappa shape index (κ2) is 11.8. The van der Waals surface area contributed by atoms with Gasteiger partial charge in [0.05, 0.1) is 19.8 Å². The maximum absolute atomic E-state index is 11.5. The molecule has 2 atom stereocenters. The summed E-state index contributed by atoms with van der Waals surface area (Å²) < 4.78 is 20.9. The number of hydrogen-bond acceptors (Lipinski definition) is 6. The van der Waals surface area contributed by atoms with Gasteiger partial charge in [0.25, 0.3) is 0 Å². The fraction of sp³-hybridized carbons (Fsp3) is 0.429. The van der Waals surface area contributed by atoms with Gasteiger partial charge in [-0.3, -0.25) is 9.78 Å². The zero-order valence-corrected chi connectivity index (χ0v) is 18.0. The first-order chi connectivity index (χ1) is 13.5. The Morgan fingerprint density at radius 3 is 2.50 bits per heavy atom. The summed E-state index contributed by atoms with van der Waals surface area (Å²) in [6.45, 7) is 2.75. The smallest absolute Gasteiger partial charge is 0.319 e. The van der Waals surface area contributed by atoms with E-state index in [1.807, 2.05) is 49.5 Å². The van der Waals surface area contributed by atoms with Crippen molar-refractivity contribution in [3.05, 3.63) is 59.4 Å². The van der Waals surface area contributed by atoms with Gasteiger partial charge in [0.1, 0.15) is 17.4 Å². The lowest BCUT2D eigenvalue weighted by Gasteiger charge is -2.13. The van der Waals surface area contributed by atoms with Crippen LogP contribution in [-0.2, 0) is 31.8 Å². The van der Waals surface area contributed by atoms with E-state index in [1.54, 1.807) is 7.11 Å². The highest BCUT2D eigenvalue weighted by Gasteiger charge is 2.15. The molecule has 0 spiro atoms. The first kappa shape index (κ1) is 22.3. The van der Waals surface area contributed by atoms with Crippen molar-refractivity contribution in [3.8, 4) is 5.75 Å². The monoisotopic (exact) mass is 451 g/mol. The quantitative estimate of drug-likeness (QED) is 0.293. The molecule has 0 aliphatic carbocycles. The van der Waals surface area contributed by atoms with Crippen LogP contribution in [0.4, 0.5) is 0 Å². The van der Waals surface area contributed by atoms with Gasteiger partial charge in [0.15, 0.2) is 0 Å². The van der Waals surface area contributed by atoms with Gasteiger partial charge in [-0.2, -0.15) is 0 Å². The van der Waals surface area contributed by atoms with E-state index < -0.39 is 0 Å². The van der Waals surface area contributed by atoms with Crippen molar-refractivity contribution in [3.63, 3.8) is 0 Å². The summed E-state index contributed by atoms with van der Waals surface area (Å²) in [5.41, 5.74) is 3.00. The van der Waals surface area contributed by atoms with Gasteiger partial charge in [0, 0.05) is 25.4 Å². The number of hydrogen-bond donors (Lipinski definition) is 0. The van der Waals surface area contributed by atoms with Crippen LogP contribution in [0.2, 0.25) is 0 Å². The minimum Gasteiger partial charge on any atom is -0.493 e. The van der Waals surface area contributed by atoms with Gasteiger partial charge in [-0.25, -0.2) is 0 Å². The van der Waals surface area contributed by atoms with E-state index in [1.165, 1.54) is 7.11 Å². The number of carbonyl (C=O) groups is 1. The summed E-state index contributed by atoms with van der Waals surface area (Å²) in [5.74, 6) is 0.504. The minimum absolute atomic E-state index is 0.0606. The summed E-state index contributed by atoms with van der Waals surface area (Å²) in [5, 5.41) is 0. The highest BCUT2D eigenvalue weighted by atomic mass is 79.9. The van der Waals surface area contributed by atoms with Crippen molar-refractivity contribution < 1.29 is 23.7 Å². The lowest BCUT2D eigenvalue weighted by atomic mass is 10.1. The molecule has 2 aromatic rings. The molecule has 0 amide bonds. The highest BCUT2D eigenvalue weighted by Crippen LogP contribution is 2.18. The van der Waals surface area contributed by atoms with E-state index in [-0.39, 0.29) is 23.7 Å². The maximum Gasteiger partial charge on any atom is 0.319 e. The Hall–Kier alpha value is -1.96. The Morgan fingerprint density at radius 2 is 1.89 bits per heavy atom. The molecule has 1 heterocycles. The summed E-state index contributed by atoms with van der Waals surface area (Å²) in [6, 6.07) is 11.7. The van der Waals surface area contributed by atoms with E-state index in [9.17, 15) is 4.79 Å². The van der Waals surface area contributed by atoms with Crippen LogP contribution in [0.25, 0.3) is 0 Å². The number of aromatic nitrogens is 1. The molecule has 0 aliphatic rings. The zero-order chi connectivity index (χ0) is 20.4. The molecular formula is C21H26BrNO5. The first-order valence-electron chi connectivity index (χ1n) is 9.02. The molecule has 2 rings (SSSR count). The first-order valence-corrected chi connectivity index (χ1v) is 9.94. The van der Waals surface area contributed by atoms with Crippen molar-refractivity contribution in [1.82, 2.24) is 4.98 Å². The molecule has 0 aliphatic heterocycles. The molecule has 0 fully saturated rings. The third-order valence-electron chi connectivity index (χ3n) is 4.18. The average Bonchev–Trinajstić information content (AvgIpc) is 2.73. The lowest BCUT2D eigenvalue weighted by molar-refractivity contribution is -0.139. The molecule has 1 aromatic carbocycles. The van der Waals surface area contributed by atoms with Crippen LogP contribution >= 0.6 is 15.9 Å². The fourth-order valence-corrected chi connectivity index (χ4v) is 3.06. The standard InChI is InChI=1S/C21H26BrNO5/c1-15(28-14-25-2)17-6-7-18(23-13-17)10-11-27-19-8-4-16(5-9-19)12-20(22)21(24)26-3/h4-9,13,15,20H,10-12,14H2,1-3H3. The minimum atomic E-state index is -0.346. The van der Waals surface area contributed by atoms with Crippen molar-refractivity contribution in [2.75, 3.05) is 27.6 Å². The number of ether oxygens (including phenoxy) is 4. The Morgan fingerprint density at radius 1 is 1.14 bits per heavy atom. The summed E-state index contributed by atoms with van der Waals surface area (Å²) >= 11 is 3.33. The van der Waals surface area contributed by atoms with Gasteiger partial charge in [-0.05, 0) is 42.7 Å². The van der Waals surface area contributed by atoms with E-state index in [4.69, 9.17) is 18.9 Å². The number of benzene rings is 1. The number of methoxy groups -OCH3 is 2. The number of alkyl halides is 1. The summed E-state index contributed by atoms with van der Waals surface area (Å²) in [7, 11) is 2.98. The summed E-state index contributed by atoms with van der Waals surface area (Å²) in [4.78, 5) is 15.6. The van der Waals surface area contributed by atoms with Gasteiger partial charge in [0.2, 0.25) is 0 Å². The second-order valence-electron chi connectivity index (χ2n) is 6.24. The molecule has 0 N–H and O–H groups in total. The molecule has 6 nitrogen and oxygen atoms in total. The maximum atomic E-state index is 11.5. The van der Waals surface area contributed by atoms with Gasteiger partial charge in [-0.15, -0.1) is 0 Å². The van der Waals surface area contributed by atoms with Crippen molar-refractivity contribution in [2.45, 2.75) is 30.7 Å². The molecule has 152 valence electrons. The van der Waals surface area contributed by atoms with Crippen LogP contribution in [0.15, 0.2) is 42.6 Å². The van der Waals surface area contributed by atoms with Crippen LogP contribution < -0.4 is 4.74 Å². The fourth-order valence-electron chi connectivity index (χ4n) is 2.50. The topological polar surface area (TPSA) is 66.9 Å². The molecule has 28 heavy (non-hydrogen) atoms. The Labute approximate surface area is 174 Å². The van der Waals surface area contributed by atoms with E-state index in [0.717, 1.165) is 22.6 Å². The van der Waals surface area contributed by atoms with E-state index >= 15 is 0 Å². The van der Waals surface area contributed by atoms with Gasteiger partial charge in [-0.1, -0.05) is 34.1 Å². The zero-order valence-electron chi connectivity index (χ0n) is 16.4. The average molecular weight is 452 g/mol. The third-order valence-corrected chi connectivity index (χ3v) is 4.87. The second-order valence-corrected chi connectivity index (χ2v) is 7.34. The van der Waals surface area contributed by atoms with Crippen molar-refractivity contribution in [1.29, 1.82) is 0 Å². The highest BCUT2D eigenvalue weighted by molar-refractivity contribution is 9.10. The van der Waals surface area contributed by atoms with Gasteiger partial charge < -0.3 is 18.9 Å². The number of rotatable bonds is 11. The predicted molar refractivity (Wildman–Crippen MR) is 110 cm³/mol. The molecule has 2 unspecified atom stereocenters. The molecule has 1 aromatic heterocycles. The lowest BCUT2D eigenvalue weighted by Crippen LogP contribution is -2.17. The SMILES string of the molecule is COCOC(C)c1ccc(CCOc2ccc(CC(Br)C(=O)OC)cc2)nc1. The molecule has 7 heteroatoms. The predicted octanol–water partition coefficient (Wildman–Crippen LogP) is 3.86. The number of pyridine rings is 1. The largest absolute Gasteiger partial charge is 0.493 e. The molecule has 0 radical (unpaired) electrons. The number of esters is 1. The number of carbonyl (C=O) groups excluding carboxylic acids is 1. The van der Waals surface area contributed by atoms with Gasteiger partial charge >= 0.3 is 5.97 Å².